The number of fused-ring (bicyclic) bond motifs is 1. The first kappa shape index (κ1) is 20.1. The number of hydrogen-bond donors (Lipinski definition) is 1. The molecular formula is C24H25N5O3. The van der Waals surface area contributed by atoms with Gasteiger partial charge in [-0.2, -0.15) is 4.98 Å². The lowest BCUT2D eigenvalue weighted by Crippen LogP contribution is -2.24. The quantitative estimate of drug-likeness (QED) is 0.459. The van der Waals surface area contributed by atoms with Gasteiger partial charge in [0.25, 0.3) is 0 Å². The van der Waals surface area contributed by atoms with E-state index >= 15 is 0 Å². The Hall–Kier alpha value is -3.81. The Morgan fingerprint density at radius 2 is 2.00 bits per heavy atom. The summed E-state index contributed by atoms with van der Waals surface area (Å²) in [7, 11) is 1.63. The van der Waals surface area contributed by atoms with E-state index < -0.39 is 0 Å². The molecule has 32 heavy (non-hydrogen) atoms. The van der Waals surface area contributed by atoms with Crippen LogP contribution in [0.1, 0.15) is 25.3 Å². The van der Waals surface area contributed by atoms with E-state index in [4.69, 9.17) is 14.5 Å². The Morgan fingerprint density at radius 3 is 2.78 bits per heavy atom. The van der Waals surface area contributed by atoms with E-state index in [-0.39, 0.29) is 5.69 Å². The minimum Gasteiger partial charge on any atom is -0.496 e. The maximum atomic E-state index is 13.7. The second-order valence-corrected chi connectivity index (χ2v) is 7.77. The Bertz CT molecular complexity index is 1320. The molecule has 1 fully saturated rings. The number of rotatable bonds is 8. The number of benzene rings is 2. The number of imidazole rings is 1. The Labute approximate surface area is 185 Å². The van der Waals surface area contributed by atoms with Gasteiger partial charge < -0.3 is 14.8 Å². The lowest BCUT2D eigenvalue weighted by atomic mass is 10.2. The highest BCUT2D eigenvalue weighted by Crippen LogP contribution is 2.26. The molecule has 0 amide bonds. The van der Waals surface area contributed by atoms with Crippen LogP contribution in [-0.2, 0) is 6.54 Å². The largest absolute Gasteiger partial charge is 0.496 e. The van der Waals surface area contributed by atoms with Gasteiger partial charge in [-0.15, -0.1) is 0 Å². The number of hydrogen-bond acceptors (Lipinski definition) is 6. The van der Waals surface area contributed by atoms with Crippen LogP contribution in [0.4, 0.5) is 5.95 Å². The summed E-state index contributed by atoms with van der Waals surface area (Å²) in [5.41, 5.74) is 2.61. The van der Waals surface area contributed by atoms with Crippen LogP contribution < -0.4 is 20.5 Å². The first-order valence-electron chi connectivity index (χ1n) is 10.8. The van der Waals surface area contributed by atoms with Crippen molar-refractivity contribution in [1.29, 1.82) is 0 Å². The smallest absolute Gasteiger partial charge is 0.335 e. The third-order valence-electron chi connectivity index (χ3n) is 5.49. The van der Waals surface area contributed by atoms with Crippen molar-refractivity contribution in [3.8, 4) is 17.2 Å². The van der Waals surface area contributed by atoms with Gasteiger partial charge in [0.15, 0.2) is 5.65 Å². The van der Waals surface area contributed by atoms with E-state index in [9.17, 15) is 4.79 Å². The molecule has 1 saturated carbocycles. The van der Waals surface area contributed by atoms with E-state index in [1.165, 1.54) is 0 Å². The number of methoxy groups -OCH3 is 1. The molecule has 1 aliphatic carbocycles. The number of nitrogens with one attached hydrogen (secondary N) is 1. The summed E-state index contributed by atoms with van der Waals surface area (Å²) < 4.78 is 14.4. The van der Waals surface area contributed by atoms with E-state index in [1.807, 2.05) is 55.5 Å². The van der Waals surface area contributed by atoms with Crippen LogP contribution >= 0.6 is 0 Å². The summed E-state index contributed by atoms with van der Waals surface area (Å²) in [6.07, 6.45) is 3.94. The summed E-state index contributed by atoms with van der Waals surface area (Å²) >= 11 is 0. The molecule has 0 aliphatic heterocycles. The number of nitrogens with zero attached hydrogens (tertiary/aromatic N) is 4. The third kappa shape index (κ3) is 3.79. The lowest BCUT2D eigenvalue weighted by Gasteiger charge is -2.09. The van der Waals surface area contributed by atoms with Crippen molar-refractivity contribution >= 4 is 17.1 Å². The molecule has 0 unspecified atom stereocenters. The van der Waals surface area contributed by atoms with E-state index in [0.717, 1.165) is 24.2 Å². The highest BCUT2D eigenvalue weighted by atomic mass is 16.5. The fourth-order valence-corrected chi connectivity index (χ4v) is 3.78. The van der Waals surface area contributed by atoms with Crippen LogP contribution in [0.25, 0.3) is 16.9 Å². The average molecular weight is 431 g/mol. The molecule has 2 heterocycles. The van der Waals surface area contributed by atoms with Gasteiger partial charge in [-0.3, -0.25) is 4.57 Å². The Balaban J connectivity index is 1.68. The molecule has 0 saturated heterocycles. The van der Waals surface area contributed by atoms with Gasteiger partial charge in [0.2, 0.25) is 5.95 Å². The van der Waals surface area contributed by atoms with Crippen LogP contribution in [-0.4, -0.2) is 38.9 Å². The zero-order valence-corrected chi connectivity index (χ0v) is 18.1. The summed E-state index contributed by atoms with van der Waals surface area (Å²) in [6, 6.07) is 15.6. The highest BCUT2D eigenvalue weighted by Gasteiger charge is 2.24. The average Bonchev–Trinajstić information content (AvgIpc) is 3.58. The summed E-state index contributed by atoms with van der Waals surface area (Å²) in [5, 5.41) is 3.32. The van der Waals surface area contributed by atoms with Crippen molar-refractivity contribution in [2.45, 2.75) is 32.4 Å². The number of aromatic nitrogens is 4. The Kier molecular flexibility index (Phi) is 5.26. The van der Waals surface area contributed by atoms with Gasteiger partial charge in [0.1, 0.15) is 17.0 Å². The van der Waals surface area contributed by atoms with E-state index in [2.05, 4.69) is 10.3 Å². The molecule has 2 aromatic carbocycles. The summed E-state index contributed by atoms with van der Waals surface area (Å²) in [5.74, 6) is 1.96. The molecule has 8 heteroatoms. The van der Waals surface area contributed by atoms with E-state index in [1.54, 1.807) is 22.4 Å². The van der Waals surface area contributed by atoms with Crippen molar-refractivity contribution in [2.24, 2.45) is 0 Å². The van der Waals surface area contributed by atoms with Crippen molar-refractivity contribution < 1.29 is 9.47 Å². The number of anilines is 1. The molecule has 1 aliphatic rings. The van der Waals surface area contributed by atoms with Crippen molar-refractivity contribution in [1.82, 2.24) is 19.1 Å². The number of ether oxygens (including phenoxy) is 2. The first-order valence-corrected chi connectivity index (χ1v) is 10.8. The van der Waals surface area contributed by atoms with Crippen LogP contribution in [0.15, 0.2) is 59.5 Å². The van der Waals surface area contributed by atoms with Gasteiger partial charge in [-0.05, 0) is 38.0 Å². The Morgan fingerprint density at radius 1 is 1.16 bits per heavy atom. The first-order chi connectivity index (χ1) is 15.7. The second kappa shape index (κ2) is 8.37. The lowest BCUT2D eigenvalue weighted by molar-refractivity contribution is 0.340. The molecule has 0 atom stereocenters. The molecule has 0 spiro atoms. The monoisotopic (exact) mass is 431 g/mol. The number of para-hydroxylation sites is 1. The minimum atomic E-state index is -0.197. The van der Waals surface area contributed by atoms with Gasteiger partial charge >= 0.3 is 5.69 Å². The molecule has 4 aromatic rings. The van der Waals surface area contributed by atoms with Gasteiger partial charge in [0.05, 0.1) is 32.1 Å². The predicted octanol–water partition coefficient (Wildman–Crippen LogP) is 3.61. The highest BCUT2D eigenvalue weighted by molar-refractivity contribution is 5.74. The molecule has 8 nitrogen and oxygen atoms in total. The molecule has 5 rings (SSSR count). The van der Waals surface area contributed by atoms with Crippen LogP contribution in [0, 0.1) is 0 Å². The van der Waals surface area contributed by atoms with Crippen LogP contribution in [0.3, 0.4) is 0 Å². The molecule has 0 bridgehead atoms. The zero-order chi connectivity index (χ0) is 22.1. The fourth-order valence-electron chi connectivity index (χ4n) is 3.78. The minimum absolute atomic E-state index is 0.197. The molecular weight excluding hydrogens is 406 g/mol. The molecule has 164 valence electrons. The van der Waals surface area contributed by atoms with Crippen molar-refractivity contribution in [3.05, 3.63) is 70.8 Å². The van der Waals surface area contributed by atoms with Crippen LogP contribution in [0.2, 0.25) is 0 Å². The molecule has 1 N–H and O–H groups in total. The molecule has 0 radical (unpaired) electrons. The van der Waals surface area contributed by atoms with Gasteiger partial charge in [-0.25, -0.2) is 14.3 Å². The molecule has 2 aromatic heterocycles. The second-order valence-electron chi connectivity index (χ2n) is 7.77. The van der Waals surface area contributed by atoms with Gasteiger partial charge in [0, 0.05) is 17.7 Å². The van der Waals surface area contributed by atoms with Crippen LogP contribution in [0.5, 0.6) is 11.5 Å². The maximum Gasteiger partial charge on any atom is 0.335 e. The summed E-state index contributed by atoms with van der Waals surface area (Å²) in [6.45, 7) is 2.82. The van der Waals surface area contributed by atoms with E-state index in [0.29, 0.717) is 47.7 Å². The maximum absolute atomic E-state index is 13.7. The summed E-state index contributed by atoms with van der Waals surface area (Å²) in [4.78, 5) is 22.9. The van der Waals surface area contributed by atoms with Gasteiger partial charge in [-0.1, -0.05) is 24.3 Å². The zero-order valence-electron chi connectivity index (χ0n) is 18.1. The van der Waals surface area contributed by atoms with Crippen molar-refractivity contribution in [3.63, 3.8) is 0 Å². The topological polar surface area (TPSA) is 83.2 Å². The van der Waals surface area contributed by atoms with Crippen molar-refractivity contribution in [2.75, 3.05) is 19.0 Å². The fraction of sp³-hybridized carbons (Fsp3) is 0.292. The SMILES string of the molecule is CCOc1cccc(-n2c(=O)n(Cc3ccccc3OC)c3cnc(NC4CC4)nc32)c1. The normalized spacial score (nSPS) is 13.3. The standard InChI is InChI=1S/C24H25N5O3/c1-3-32-19-9-6-8-18(13-19)29-22-20(14-25-23(27-22)26-17-11-12-17)28(24(29)30)15-16-7-4-5-10-21(16)31-2/h4-10,13-14,17H,3,11-12,15H2,1-2H3,(H,25,26,27). The third-order valence-corrected chi connectivity index (χ3v) is 5.49. The predicted molar refractivity (Wildman–Crippen MR) is 123 cm³/mol.